The number of rotatable bonds is 8. The molecule has 112 valence electrons. The molecule has 21 heavy (non-hydrogen) atoms. The number of hydrogen-bond donors (Lipinski definition) is 1. The molecule has 0 aliphatic heterocycles. The minimum absolute atomic E-state index is 0.315. The molecule has 0 amide bonds. The molecule has 0 atom stereocenters. The Morgan fingerprint density at radius 1 is 1.00 bits per heavy atom. The summed E-state index contributed by atoms with van der Waals surface area (Å²) in [5.41, 5.74) is 3.73. The quantitative estimate of drug-likeness (QED) is 0.566. The molecule has 0 bridgehead atoms. The monoisotopic (exact) mass is 301 g/mol. The number of aliphatic hydroxyl groups excluding tert-OH is 1. The van der Waals surface area contributed by atoms with Crippen molar-refractivity contribution in [1.29, 1.82) is 0 Å². The van der Waals surface area contributed by atoms with Crippen LogP contribution in [-0.2, 0) is 0 Å². The largest absolute Gasteiger partial charge is 0.396 e. The molecule has 2 nitrogen and oxygen atoms in total. The lowest BCUT2D eigenvalue weighted by Crippen LogP contribution is -1.88. The molecule has 1 aromatic carbocycles. The van der Waals surface area contributed by atoms with Crippen LogP contribution in [0.3, 0.4) is 0 Å². The molecule has 1 heterocycles. The zero-order chi connectivity index (χ0) is 14.9. The number of nitrogens with zero attached hydrogens (tertiary/aromatic N) is 1. The minimum atomic E-state index is 0.315. The number of benzene rings is 1. The van der Waals surface area contributed by atoms with Crippen LogP contribution in [0.25, 0.3) is 11.1 Å². The van der Waals surface area contributed by atoms with Crippen molar-refractivity contribution in [3.63, 3.8) is 0 Å². The van der Waals surface area contributed by atoms with Crippen molar-refractivity contribution >= 4 is 11.8 Å². The summed E-state index contributed by atoms with van der Waals surface area (Å²) in [4.78, 5) is 5.57. The molecule has 2 rings (SSSR count). The van der Waals surface area contributed by atoms with Gasteiger partial charge in [0, 0.05) is 29.5 Å². The van der Waals surface area contributed by atoms with Crippen LogP contribution in [0.15, 0.2) is 47.6 Å². The van der Waals surface area contributed by atoms with Crippen LogP contribution >= 0.6 is 11.8 Å². The molecule has 0 saturated carbocycles. The third kappa shape index (κ3) is 5.18. The molecule has 0 unspecified atom stereocenters. The van der Waals surface area contributed by atoms with Gasteiger partial charge in [-0.15, -0.1) is 11.8 Å². The number of unbranched alkanes of at least 4 members (excludes halogenated alkanes) is 3. The summed E-state index contributed by atoms with van der Waals surface area (Å²) in [7, 11) is 0. The summed E-state index contributed by atoms with van der Waals surface area (Å²) in [6.45, 7) is 2.42. The van der Waals surface area contributed by atoms with Gasteiger partial charge in [0.15, 0.2) is 0 Å². The second kappa shape index (κ2) is 8.85. The van der Waals surface area contributed by atoms with E-state index in [1.165, 1.54) is 34.4 Å². The lowest BCUT2D eigenvalue weighted by atomic mass is 10.1. The second-order valence-electron chi connectivity index (χ2n) is 5.22. The minimum Gasteiger partial charge on any atom is -0.396 e. The first-order chi connectivity index (χ1) is 10.3. The number of aryl methyl sites for hydroxylation is 1. The Labute approximate surface area is 131 Å². The summed E-state index contributed by atoms with van der Waals surface area (Å²) in [5, 5.41) is 8.77. The molecular formula is C18H23NOS. The first-order valence-corrected chi connectivity index (χ1v) is 8.54. The van der Waals surface area contributed by atoms with Gasteiger partial charge in [0.2, 0.25) is 0 Å². The lowest BCUT2D eigenvalue weighted by molar-refractivity contribution is 0.283. The third-order valence-electron chi connectivity index (χ3n) is 3.45. The van der Waals surface area contributed by atoms with E-state index in [1.54, 1.807) is 0 Å². The maximum atomic E-state index is 8.77. The van der Waals surface area contributed by atoms with Crippen LogP contribution in [0.5, 0.6) is 0 Å². The molecule has 0 spiro atoms. The normalized spacial score (nSPS) is 10.8. The molecule has 0 aliphatic carbocycles. The number of thioether (sulfide) groups is 1. The molecular weight excluding hydrogens is 278 g/mol. The fourth-order valence-electron chi connectivity index (χ4n) is 2.21. The van der Waals surface area contributed by atoms with Crippen LogP contribution < -0.4 is 0 Å². The van der Waals surface area contributed by atoms with Crippen molar-refractivity contribution in [2.24, 2.45) is 0 Å². The van der Waals surface area contributed by atoms with E-state index in [1.807, 2.05) is 24.2 Å². The van der Waals surface area contributed by atoms with E-state index in [0.29, 0.717) is 6.61 Å². The van der Waals surface area contributed by atoms with Crippen molar-refractivity contribution in [2.45, 2.75) is 37.5 Å². The SMILES string of the molecule is Cc1ccc(-c2cnccc2SCCCCCCO)cc1. The van der Waals surface area contributed by atoms with Crippen LogP contribution in [0, 0.1) is 6.92 Å². The average Bonchev–Trinajstić information content (AvgIpc) is 2.52. The van der Waals surface area contributed by atoms with Crippen molar-refractivity contribution in [1.82, 2.24) is 4.98 Å². The van der Waals surface area contributed by atoms with E-state index in [9.17, 15) is 0 Å². The van der Waals surface area contributed by atoms with E-state index in [-0.39, 0.29) is 0 Å². The molecule has 3 heteroatoms. The molecule has 1 aromatic heterocycles. The van der Waals surface area contributed by atoms with Gasteiger partial charge in [-0.25, -0.2) is 0 Å². The maximum Gasteiger partial charge on any atom is 0.0431 e. The van der Waals surface area contributed by atoms with Crippen molar-refractivity contribution in [3.8, 4) is 11.1 Å². The van der Waals surface area contributed by atoms with E-state index in [2.05, 4.69) is 42.2 Å². The number of aromatic nitrogens is 1. The molecule has 2 aromatic rings. The Kier molecular flexibility index (Phi) is 6.77. The van der Waals surface area contributed by atoms with Crippen LogP contribution in [0.4, 0.5) is 0 Å². The fraction of sp³-hybridized carbons (Fsp3) is 0.389. The van der Waals surface area contributed by atoms with Crippen molar-refractivity contribution < 1.29 is 5.11 Å². The molecule has 0 radical (unpaired) electrons. The Hall–Kier alpha value is -1.32. The highest BCUT2D eigenvalue weighted by Crippen LogP contribution is 2.31. The van der Waals surface area contributed by atoms with E-state index in [0.717, 1.165) is 18.6 Å². The van der Waals surface area contributed by atoms with Crippen LogP contribution in [-0.4, -0.2) is 22.5 Å². The highest BCUT2D eigenvalue weighted by Gasteiger charge is 2.05. The number of aliphatic hydroxyl groups is 1. The molecule has 1 N–H and O–H groups in total. The second-order valence-corrected chi connectivity index (χ2v) is 6.36. The topological polar surface area (TPSA) is 33.1 Å². The maximum absolute atomic E-state index is 8.77. The zero-order valence-electron chi connectivity index (χ0n) is 12.6. The van der Waals surface area contributed by atoms with Crippen molar-refractivity contribution in [2.75, 3.05) is 12.4 Å². The fourth-order valence-corrected chi connectivity index (χ4v) is 3.26. The Bertz CT molecular complexity index is 539. The summed E-state index contributed by atoms with van der Waals surface area (Å²) in [6.07, 6.45) is 8.26. The van der Waals surface area contributed by atoms with Gasteiger partial charge < -0.3 is 5.11 Å². The van der Waals surface area contributed by atoms with E-state index < -0.39 is 0 Å². The summed E-state index contributed by atoms with van der Waals surface area (Å²) >= 11 is 1.90. The standard InChI is InChI=1S/C18H23NOS/c1-15-6-8-16(9-7-15)17-14-19-11-10-18(17)21-13-5-3-2-4-12-20/h6-11,14,20H,2-5,12-13H2,1H3. The average molecular weight is 301 g/mol. The van der Waals surface area contributed by atoms with Gasteiger partial charge in [-0.3, -0.25) is 4.98 Å². The molecule has 0 fully saturated rings. The molecule has 0 aliphatic rings. The Balaban J connectivity index is 1.95. The van der Waals surface area contributed by atoms with E-state index >= 15 is 0 Å². The first-order valence-electron chi connectivity index (χ1n) is 7.56. The van der Waals surface area contributed by atoms with Gasteiger partial charge in [-0.05, 0) is 37.1 Å². The third-order valence-corrected chi connectivity index (χ3v) is 4.61. The zero-order valence-corrected chi connectivity index (χ0v) is 13.4. The lowest BCUT2D eigenvalue weighted by Gasteiger charge is -2.09. The highest BCUT2D eigenvalue weighted by molar-refractivity contribution is 7.99. The summed E-state index contributed by atoms with van der Waals surface area (Å²) in [5.74, 6) is 1.12. The van der Waals surface area contributed by atoms with E-state index in [4.69, 9.17) is 5.11 Å². The van der Waals surface area contributed by atoms with Gasteiger partial charge in [-0.1, -0.05) is 42.7 Å². The van der Waals surface area contributed by atoms with Gasteiger partial charge >= 0.3 is 0 Å². The van der Waals surface area contributed by atoms with Crippen LogP contribution in [0.1, 0.15) is 31.2 Å². The number of pyridine rings is 1. The summed E-state index contributed by atoms with van der Waals surface area (Å²) < 4.78 is 0. The predicted octanol–water partition coefficient (Wildman–Crippen LogP) is 4.70. The number of hydrogen-bond acceptors (Lipinski definition) is 3. The van der Waals surface area contributed by atoms with Crippen molar-refractivity contribution in [3.05, 3.63) is 48.3 Å². The highest BCUT2D eigenvalue weighted by atomic mass is 32.2. The van der Waals surface area contributed by atoms with Gasteiger partial charge in [0.05, 0.1) is 0 Å². The van der Waals surface area contributed by atoms with Gasteiger partial charge in [0.25, 0.3) is 0 Å². The Morgan fingerprint density at radius 2 is 1.76 bits per heavy atom. The Morgan fingerprint density at radius 3 is 2.52 bits per heavy atom. The van der Waals surface area contributed by atoms with Gasteiger partial charge in [0.1, 0.15) is 0 Å². The first kappa shape index (κ1) is 16.1. The molecule has 0 saturated heterocycles. The summed E-state index contributed by atoms with van der Waals surface area (Å²) in [6, 6.07) is 10.7. The van der Waals surface area contributed by atoms with Gasteiger partial charge in [-0.2, -0.15) is 0 Å². The predicted molar refractivity (Wildman–Crippen MR) is 90.7 cm³/mol. The smallest absolute Gasteiger partial charge is 0.0431 e. The van der Waals surface area contributed by atoms with Crippen LogP contribution in [0.2, 0.25) is 0 Å².